The van der Waals surface area contributed by atoms with E-state index in [0.717, 1.165) is 10.1 Å². The van der Waals surface area contributed by atoms with Crippen molar-refractivity contribution in [2.75, 3.05) is 33.4 Å². The van der Waals surface area contributed by atoms with Crippen LogP contribution in [-0.4, -0.2) is 61.4 Å². The van der Waals surface area contributed by atoms with Crippen molar-refractivity contribution in [3.63, 3.8) is 0 Å². The zero-order chi connectivity index (χ0) is 24.6. The molecule has 0 fully saturated rings. The molecule has 0 saturated carbocycles. The summed E-state index contributed by atoms with van der Waals surface area (Å²) in [4.78, 5) is 26.9. The molecule has 33 heavy (non-hydrogen) atoms. The molecule has 0 radical (unpaired) electrons. The lowest BCUT2D eigenvalue weighted by atomic mass is 10.2. The summed E-state index contributed by atoms with van der Waals surface area (Å²) in [6.45, 7) is 8.81. The summed E-state index contributed by atoms with van der Waals surface area (Å²) in [5.74, 6) is 0.893. The summed E-state index contributed by atoms with van der Waals surface area (Å²) >= 11 is 0. The number of sulfonamides is 1. The molecular weight excluding hydrogens is 446 g/mol. The van der Waals surface area contributed by atoms with Crippen molar-refractivity contribution in [3.8, 4) is 11.5 Å². The standard InChI is InChI=1S/C23H33N3O6S/c1-6-24(15-18-10-12-20(32-9-4)21(14-18)31-5)23(28)17-25-16-19(11-13-22(25)27)33(29,30)26(7-2)8-3/h10-14,16H,6-9,15,17H2,1-5H3. The molecule has 0 unspecified atom stereocenters. The summed E-state index contributed by atoms with van der Waals surface area (Å²) in [7, 11) is -2.19. The van der Waals surface area contributed by atoms with Crippen LogP contribution in [0.3, 0.4) is 0 Å². The van der Waals surface area contributed by atoms with Crippen molar-refractivity contribution in [1.29, 1.82) is 0 Å². The van der Waals surface area contributed by atoms with E-state index in [2.05, 4.69) is 0 Å². The number of amides is 1. The fraction of sp³-hybridized carbons (Fsp3) is 0.478. The maximum atomic E-state index is 13.0. The highest BCUT2D eigenvalue weighted by Crippen LogP contribution is 2.28. The fourth-order valence-corrected chi connectivity index (χ4v) is 4.90. The van der Waals surface area contributed by atoms with Crippen LogP contribution in [0.4, 0.5) is 0 Å². The summed E-state index contributed by atoms with van der Waals surface area (Å²) < 4.78 is 38.9. The molecular formula is C23H33N3O6S. The van der Waals surface area contributed by atoms with Crippen LogP contribution >= 0.6 is 0 Å². The van der Waals surface area contributed by atoms with E-state index in [9.17, 15) is 18.0 Å². The third kappa shape index (κ3) is 6.35. The van der Waals surface area contributed by atoms with Crippen LogP contribution in [0.5, 0.6) is 11.5 Å². The first-order valence-corrected chi connectivity index (χ1v) is 12.4. The maximum Gasteiger partial charge on any atom is 0.251 e. The van der Waals surface area contributed by atoms with E-state index >= 15 is 0 Å². The number of carbonyl (C=O) groups excluding carboxylic acids is 1. The smallest absolute Gasteiger partial charge is 0.251 e. The van der Waals surface area contributed by atoms with E-state index in [1.165, 1.54) is 22.6 Å². The van der Waals surface area contributed by atoms with E-state index in [1.807, 2.05) is 26.0 Å². The Morgan fingerprint density at radius 1 is 1.00 bits per heavy atom. The number of methoxy groups -OCH3 is 1. The number of ether oxygens (including phenoxy) is 2. The summed E-state index contributed by atoms with van der Waals surface area (Å²) in [5, 5.41) is 0. The molecule has 0 aliphatic heterocycles. The average molecular weight is 480 g/mol. The first kappa shape index (κ1) is 26.4. The van der Waals surface area contributed by atoms with Gasteiger partial charge in [-0.2, -0.15) is 4.31 Å². The molecule has 0 spiro atoms. The minimum Gasteiger partial charge on any atom is -0.493 e. The van der Waals surface area contributed by atoms with Gasteiger partial charge >= 0.3 is 0 Å². The van der Waals surface area contributed by atoms with Gasteiger partial charge in [0.05, 0.1) is 18.6 Å². The van der Waals surface area contributed by atoms with Crippen molar-refractivity contribution in [2.45, 2.75) is 45.7 Å². The number of carbonyl (C=O) groups is 1. The van der Waals surface area contributed by atoms with Crippen molar-refractivity contribution >= 4 is 15.9 Å². The minimum atomic E-state index is -3.74. The number of rotatable bonds is 12. The molecule has 0 atom stereocenters. The number of aromatic nitrogens is 1. The normalized spacial score (nSPS) is 11.5. The molecule has 1 amide bonds. The average Bonchev–Trinajstić information content (AvgIpc) is 2.80. The van der Waals surface area contributed by atoms with Gasteiger partial charge < -0.3 is 18.9 Å². The van der Waals surface area contributed by atoms with Gasteiger partial charge in [0.15, 0.2) is 11.5 Å². The van der Waals surface area contributed by atoms with Gasteiger partial charge in [-0.05, 0) is 37.6 Å². The zero-order valence-corrected chi connectivity index (χ0v) is 20.7. The van der Waals surface area contributed by atoms with Crippen LogP contribution in [-0.2, 0) is 27.9 Å². The number of hydrogen-bond donors (Lipinski definition) is 0. The van der Waals surface area contributed by atoms with Crippen LogP contribution in [0.15, 0.2) is 46.2 Å². The molecule has 1 aromatic carbocycles. The van der Waals surface area contributed by atoms with Crippen molar-refractivity contribution in [2.24, 2.45) is 0 Å². The molecule has 0 aliphatic rings. The monoisotopic (exact) mass is 479 g/mol. The lowest BCUT2D eigenvalue weighted by Crippen LogP contribution is -2.36. The van der Waals surface area contributed by atoms with Gasteiger partial charge in [-0.1, -0.05) is 19.9 Å². The van der Waals surface area contributed by atoms with Crippen molar-refractivity contribution in [1.82, 2.24) is 13.8 Å². The predicted molar refractivity (Wildman–Crippen MR) is 126 cm³/mol. The van der Waals surface area contributed by atoms with Gasteiger partial charge in [-0.3, -0.25) is 9.59 Å². The van der Waals surface area contributed by atoms with E-state index in [0.29, 0.717) is 44.3 Å². The molecule has 2 rings (SSSR count). The lowest BCUT2D eigenvalue weighted by molar-refractivity contribution is -0.132. The van der Waals surface area contributed by atoms with Crippen molar-refractivity contribution < 1.29 is 22.7 Å². The highest BCUT2D eigenvalue weighted by molar-refractivity contribution is 7.89. The number of nitrogens with zero attached hydrogens (tertiary/aromatic N) is 3. The SMILES string of the molecule is CCOc1ccc(CN(CC)C(=O)Cn2cc(S(=O)(=O)N(CC)CC)ccc2=O)cc1OC. The van der Waals surface area contributed by atoms with Crippen LogP contribution < -0.4 is 15.0 Å². The fourth-order valence-electron chi connectivity index (χ4n) is 3.43. The summed E-state index contributed by atoms with van der Waals surface area (Å²) in [6, 6.07) is 7.91. The first-order chi connectivity index (χ1) is 15.7. The van der Waals surface area contributed by atoms with Gasteiger partial charge in [0.2, 0.25) is 15.9 Å². The van der Waals surface area contributed by atoms with Crippen molar-refractivity contribution in [3.05, 3.63) is 52.4 Å². The zero-order valence-electron chi connectivity index (χ0n) is 19.9. The molecule has 0 N–H and O–H groups in total. The third-order valence-electron chi connectivity index (χ3n) is 5.24. The molecule has 2 aromatic rings. The number of benzene rings is 1. The van der Waals surface area contributed by atoms with Crippen LogP contribution in [0, 0.1) is 0 Å². The predicted octanol–water partition coefficient (Wildman–Crippen LogP) is 2.33. The van der Waals surface area contributed by atoms with E-state index in [-0.39, 0.29) is 17.3 Å². The molecule has 0 saturated heterocycles. The van der Waals surface area contributed by atoms with Crippen LogP contribution in [0.25, 0.3) is 0 Å². The molecule has 1 heterocycles. The van der Waals surface area contributed by atoms with Gasteiger partial charge in [0.25, 0.3) is 5.56 Å². The number of hydrogen-bond acceptors (Lipinski definition) is 6. The van der Waals surface area contributed by atoms with Crippen LogP contribution in [0.2, 0.25) is 0 Å². The highest BCUT2D eigenvalue weighted by Gasteiger charge is 2.23. The minimum absolute atomic E-state index is 0.0158. The topological polar surface area (TPSA) is 98.1 Å². The Kier molecular flexibility index (Phi) is 9.48. The lowest BCUT2D eigenvalue weighted by Gasteiger charge is -2.23. The molecule has 1 aromatic heterocycles. The maximum absolute atomic E-state index is 13.0. The quantitative estimate of drug-likeness (QED) is 0.463. The Morgan fingerprint density at radius 2 is 1.70 bits per heavy atom. The molecule has 9 nitrogen and oxygen atoms in total. The van der Waals surface area contributed by atoms with Gasteiger partial charge in [0, 0.05) is 38.4 Å². The van der Waals surface area contributed by atoms with Gasteiger partial charge in [0.1, 0.15) is 6.54 Å². The molecule has 10 heteroatoms. The Bertz CT molecular complexity index is 1110. The second-order valence-electron chi connectivity index (χ2n) is 7.25. The Balaban J connectivity index is 2.25. The van der Waals surface area contributed by atoms with Gasteiger partial charge in [-0.25, -0.2) is 8.42 Å². The summed E-state index contributed by atoms with van der Waals surface area (Å²) in [6.07, 6.45) is 1.24. The molecule has 0 bridgehead atoms. The molecule has 0 aliphatic carbocycles. The highest BCUT2D eigenvalue weighted by atomic mass is 32.2. The Hall–Kier alpha value is -2.85. The second-order valence-corrected chi connectivity index (χ2v) is 9.18. The van der Waals surface area contributed by atoms with E-state index in [1.54, 1.807) is 31.9 Å². The third-order valence-corrected chi connectivity index (χ3v) is 7.27. The Labute approximate surface area is 195 Å². The Morgan fingerprint density at radius 3 is 2.27 bits per heavy atom. The number of likely N-dealkylation sites (N-methyl/N-ethyl adjacent to an activating group) is 1. The summed E-state index contributed by atoms with van der Waals surface area (Å²) in [5.41, 5.74) is 0.399. The van der Waals surface area contributed by atoms with E-state index < -0.39 is 15.6 Å². The van der Waals surface area contributed by atoms with Gasteiger partial charge in [-0.15, -0.1) is 0 Å². The second kappa shape index (κ2) is 11.9. The largest absolute Gasteiger partial charge is 0.493 e. The van der Waals surface area contributed by atoms with E-state index in [4.69, 9.17) is 9.47 Å². The van der Waals surface area contributed by atoms with Crippen LogP contribution in [0.1, 0.15) is 33.3 Å². The molecule has 182 valence electrons. The number of pyridine rings is 1. The first-order valence-electron chi connectivity index (χ1n) is 11.0.